The first kappa shape index (κ1) is 18.7. The van der Waals surface area contributed by atoms with E-state index >= 15 is 0 Å². The lowest BCUT2D eigenvalue weighted by Gasteiger charge is -2.10. The van der Waals surface area contributed by atoms with Crippen molar-refractivity contribution in [2.45, 2.75) is 13.5 Å². The third-order valence-corrected chi connectivity index (χ3v) is 4.40. The van der Waals surface area contributed by atoms with Crippen LogP contribution in [0.4, 0.5) is 5.69 Å². The molecule has 7 nitrogen and oxygen atoms in total. The van der Waals surface area contributed by atoms with Gasteiger partial charge in [0.05, 0.1) is 24.7 Å². The van der Waals surface area contributed by atoms with Gasteiger partial charge in [-0.15, -0.1) is 0 Å². The zero-order valence-electron chi connectivity index (χ0n) is 14.9. The van der Waals surface area contributed by atoms with Crippen molar-refractivity contribution < 1.29 is 17.6 Å². The fourth-order valence-electron chi connectivity index (χ4n) is 2.46. The molecule has 0 aliphatic rings. The number of rotatable bonds is 6. The van der Waals surface area contributed by atoms with Crippen LogP contribution in [0.25, 0.3) is 11.3 Å². The lowest BCUT2D eigenvalue weighted by atomic mass is 10.1. The second-order valence-corrected chi connectivity index (χ2v) is 7.82. The highest BCUT2D eigenvalue weighted by atomic mass is 32.2. The Morgan fingerprint density at radius 1 is 1.15 bits per heavy atom. The minimum absolute atomic E-state index is 0.119. The van der Waals surface area contributed by atoms with Crippen molar-refractivity contribution >= 4 is 21.6 Å². The fourth-order valence-corrected chi connectivity index (χ4v) is 3.08. The molecule has 0 atom stereocenters. The number of carbonyl (C=O) groups excluding carboxylic acids is 1. The number of hydrogen-bond acceptors (Lipinski definition) is 5. The monoisotopic (exact) mass is 385 g/mol. The molecule has 8 heteroatoms. The molecule has 2 aromatic carbocycles. The SMILES string of the molecule is Cc1ccc(C(=O)NCc2ncc(-c3ccccc3)o2)cc1NS(C)(=O)=O. The van der Waals surface area contributed by atoms with Gasteiger partial charge in [0.25, 0.3) is 5.91 Å². The number of nitrogens with one attached hydrogen (secondary N) is 2. The van der Waals surface area contributed by atoms with E-state index in [2.05, 4.69) is 15.0 Å². The molecule has 3 rings (SSSR count). The van der Waals surface area contributed by atoms with Gasteiger partial charge in [0.2, 0.25) is 15.9 Å². The molecule has 140 valence electrons. The Hall–Kier alpha value is -3.13. The second-order valence-electron chi connectivity index (χ2n) is 6.07. The number of hydrogen-bond donors (Lipinski definition) is 2. The maximum atomic E-state index is 12.4. The van der Waals surface area contributed by atoms with Gasteiger partial charge in [-0.1, -0.05) is 36.4 Å². The van der Waals surface area contributed by atoms with Crippen LogP contribution >= 0.6 is 0 Å². The zero-order chi connectivity index (χ0) is 19.4. The highest BCUT2D eigenvalue weighted by Gasteiger charge is 2.12. The quantitative estimate of drug-likeness (QED) is 0.679. The molecular formula is C19H19N3O4S. The Kier molecular flexibility index (Phi) is 5.27. The normalized spacial score (nSPS) is 11.2. The largest absolute Gasteiger partial charge is 0.439 e. The van der Waals surface area contributed by atoms with Gasteiger partial charge in [-0.2, -0.15) is 0 Å². The minimum atomic E-state index is -3.43. The van der Waals surface area contributed by atoms with Crippen LogP contribution < -0.4 is 10.0 Å². The van der Waals surface area contributed by atoms with E-state index in [-0.39, 0.29) is 12.5 Å². The molecule has 0 radical (unpaired) electrons. The van der Waals surface area contributed by atoms with Crippen molar-refractivity contribution in [1.29, 1.82) is 0 Å². The van der Waals surface area contributed by atoms with Gasteiger partial charge in [-0.25, -0.2) is 13.4 Å². The van der Waals surface area contributed by atoms with Crippen LogP contribution in [0.1, 0.15) is 21.8 Å². The average Bonchev–Trinajstić information content (AvgIpc) is 3.10. The van der Waals surface area contributed by atoms with Crippen molar-refractivity contribution in [2.24, 2.45) is 0 Å². The van der Waals surface area contributed by atoms with E-state index in [0.717, 1.165) is 17.4 Å². The Bertz CT molecular complexity index is 1060. The molecule has 1 amide bonds. The van der Waals surface area contributed by atoms with E-state index in [1.807, 2.05) is 30.3 Å². The lowest BCUT2D eigenvalue weighted by Crippen LogP contribution is -2.23. The van der Waals surface area contributed by atoms with Crippen LogP contribution in [-0.4, -0.2) is 25.6 Å². The molecule has 0 aliphatic heterocycles. The Labute approximate surface area is 157 Å². The number of aryl methyl sites for hydroxylation is 1. The number of nitrogens with zero attached hydrogens (tertiary/aromatic N) is 1. The van der Waals surface area contributed by atoms with Crippen molar-refractivity contribution in [3.05, 3.63) is 71.7 Å². The minimum Gasteiger partial charge on any atom is -0.439 e. The Balaban J connectivity index is 1.68. The van der Waals surface area contributed by atoms with E-state index in [1.165, 1.54) is 6.07 Å². The highest BCUT2D eigenvalue weighted by Crippen LogP contribution is 2.20. The molecular weight excluding hydrogens is 366 g/mol. The summed E-state index contributed by atoms with van der Waals surface area (Å²) in [7, 11) is -3.43. The number of amides is 1. The number of anilines is 1. The van der Waals surface area contributed by atoms with Gasteiger partial charge >= 0.3 is 0 Å². The summed E-state index contributed by atoms with van der Waals surface area (Å²) in [4.78, 5) is 16.5. The molecule has 0 spiro atoms. The number of carbonyl (C=O) groups is 1. The first-order valence-corrected chi connectivity index (χ1v) is 10.1. The predicted octanol–water partition coefficient (Wildman–Crippen LogP) is 2.95. The summed E-state index contributed by atoms with van der Waals surface area (Å²) in [5.74, 6) is 0.643. The third kappa shape index (κ3) is 4.95. The second kappa shape index (κ2) is 7.63. The van der Waals surface area contributed by atoms with E-state index in [9.17, 15) is 13.2 Å². The van der Waals surface area contributed by atoms with Gasteiger partial charge < -0.3 is 9.73 Å². The average molecular weight is 385 g/mol. The molecule has 0 aliphatic carbocycles. The van der Waals surface area contributed by atoms with Crippen LogP contribution in [0.2, 0.25) is 0 Å². The van der Waals surface area contributed by atoms with Gasteiger partial charge in [0, 0.05) is 11.1 Å². The summed E-state index contributed by atoms with van der Waals surface area (Å²) in [6.07, 6.45) is 2.67. The van der Waals surface area contributed by atoms with E-state index in [4.69, 9.17) is 4.42 Å². The molecule has 0 fully saturated rings. The lowest BCUT2D eigenvalue weighted by molar-refractivity contribution is 0.0947. The summed E-state index contributed by atoms with van der Waals surface area (Å²) >= 11 is 0. The van der Waals surface area contributed by atoms with Crippen molar-refractivity contribution in [3.63, 3.8) is 0 Å². The zero-order valence-corrected chi connectivity index (χ0v) is 15.7. The van der Waals surface area contributed by atoms with Gasteiger partial charge in [0.15, 0.2) is 5.76 Å². The summed E-state index contributed by atoms with van der Waals surface area (Å²) < 4.78 is 30.9. The number of benzene rings is 2. The van der Waals surface area contributed by atoms with Gasteiger partial charge in [0.1, 0.15) is 0 Å². The summed E-state index contributed by atoms with van der Waals surface area (Å²) in [5.41, 5.74) is 2.32. The van der Waals surface area contributed by atoms with Gasteiger partial charge in [-0.05, 0) is 24.6 Å². The summed E-state index contributed by atoms with van der Waals surface area (Å²) in [5, 5.41) is 2.72. The topological polar surface area (TPSA) is 101 Å². The maximum Gasteiger partial charge on any atom is 0.251 e. The van der Waals surface area contributed by atoms with Crippen molar-refractivity contribution in [1.82, 2.24) is 10.3 Å². The predicted molar refractivity (Wildman–Crippen MR) is 103 cm³/mol. The smallest absolute Gasteiger partial charge is 0.251 e. The molecule has 1 heterocycles. The molecule has 0 unspecified atom stereocenters. The van der Waals surface area contributed by atoms with E-state index in [1.54, 1.807) is 25.3 Å². The molecule has 2 N–H and O–H groups in total. The van der Waals surface area contributed by atoms with Crippen LogP contribution in [0.3, 0.4) is 0 Å². The van der Waals surface area contributed by atoms with Crippen molar-refractivity contribution in [2.75, 3.05) is 11.0 Å². The van der Waals surface area contributed by atoms with E-state index < -0.39 is 10.0 Å². The highest BCUT2D eigenvalue weighted by molar-refractivity contribution is 7.92. The molecule has 0 saturated heterocycles. The first-order valence-electron chi connectivity index (χ1n) is 8.18. The summed E-state index contributed by atoms with van der Waals surface area (Å²) in [6.45, 7) is 1.88. The number of sulfonamides is 1. The molecule has 0 bridgehead atoms. The molecule has 1 aromatic heterocycles. The van der Waals surface area contributed by atoms with E-state index in [0.29, 0.717) is 22.9 Å². The standard InChI is InChI=1S/C19H19N3O4S/c1-13-8-9-15(10-16(13)22-27(2,24)25)19(23)21-12-18-20-11-17(26-18)14-6-4-3-5-7-14/h3-11,22H,12H2,1-2H3,(H,21,23). The van der Waals surface area contributed by atoms with Crippen LogP contribution in [0.15, 0.2) is 59.1 Å². The van der Waals surface area contributed by atoms with Crippen molar-refractivity contribution in [3.8, 4) is 11.3 Å². The first-order chi connectivity index (χ1) is 12.8. The number of oxazole rings is 1. The number of aromatic nitrogens is 1. The van der Waals surface area contributed by atoms with Crippen LogP contribution in [0, 0.1) is 6.92 Å². The summed E-state index contributed by atoms with van der Waals surface area (Å²) in [6, 6.07) is 14.3. The van der Waals surface area contributed by atoms with Crippen LogP contribution in [0.5, 0.6) is 0 Å². The molecule has 27 heavy (non-hydrogen) atoms. The fraction of sp³-hybridized carbons (Fsp3) is 0.158. The molecule has 0 saturated carbocycles. The van der Waals surface area contributed by atoms with Crippen LogP contribution in [-0.2, 0) is 16.6 Å². The Morgan fingerprint density at radius 3 is 2.59 bits per heavy atom. The van der Waals surface area contributed by atoms with Gasteiger partial charge in [-0.3, -0.25) is 9.52 Å². The maximum absolute atomic E-state index is 12.4. The Morgan fingerprint density at radius 2 is 1.89 bits per heavy atom. The molecule has 3 aromatic rings. The third-order valence-electron chi connectivity index (χ3n) is 3.81.